The summed E-state index contributed by atoms with van der Waals surface area (Å²) in [7, 11) is 2.97. The van der Waals surface area contributed by atoms with Gasteiger partial charge >= 0.3 is 12.3 Å². The molecule has 3 saturated carbocycles. The summed E-state index contributed by atoms with van der Waals surface area (Å²) in [6, 6.07) is 0. The van der Waals surface area contributed by atoms with E-state index in [1.54, 1.807) is 0 Å². The molecule has 9 nitrogen and oxygen atoms in total. The van der Waals surface area contributed by atoms with E-state index < -0.39 is 24.4 Å². The number of amides is 1. The molecule has 4 fully saturated rings. The van der Waals surface area contributed by atoms with Crippen molar-refractivity contribution in [2.24, 2.45) is 46.3 Å². The van der Waals surface area contributed by atoms with Crippen LogP contribution in [-0.2, 0) is 23.8 Å². The highest BCUT2D eigenvalue weighted by Gasteiger charge is 2.59. The first kappa shape index (κ1) is 37.7. The highest BCUT2D eigenvalue weighted by molar-refractivity contribution is 8.76. The van der Waals surface area contributed by atoms with Gasteiger partial charge in [-0.25, -0.2) is 9.59 Å². The van der Waals surface area contributed by atoms with Gasteiger partial charge in [-0.3, -0.25) is 4.79 Å². The summed E-state index contributed by atoms with van der Waals surface area (Å²) in [6.45, 7) is 12.7. The van der Waals surface area contributed by atoms with Gasteiger partial charge in [0.1, 0.15) is 19.3 Å². The summed E-state index contributed by atoms with van der Waals surface area (Å²) < 4.78 is 16.1. The molecule has 9 unspecified atom stereocenters. The molecule has 0 aromatic carbocycles. The zero-order chi connectivity index (χ0) is 34.5. The number of carbonyl (C=O) groups is 3. The van der Waals surface area contributed by atoms with Crippen LogP contribution < -0.4 is 0 Å². The first-order valence-corrected chi connectivity index (χ1v) is 21.0. The highest BCUT2D eigenvalue weighted by atomic mass is 33.1. The summed E-state index contributed by atoms with van der Waals surface area (Å²) in [5, 5.41) is 10.3. The van der Waals surface area contributed by atoms with E-state index in [1.165, 1.54) is 78.5 Å². The van der Waals surface area contributed by atoms with Gasteiger partial charge in [0.2, 0.25) is 0 Å². The molecule has 0 bridgehead atoms. The van der Waals surface area contributed by atoms with Crippen molar-refractivity contribution >= 4 is 39.8 Å². The SMILES string of the molecule is CC(C)CCCC(C)C1CCC2C3CC=C4CC(OC(=O)OCCSSCCOC(=O)ON5C(=O)CCC5O)CCC4(C)C3CCC12C. The summed E-state index contributed by atoms with van der Waals surface area (Å²) in [6.07, 6.45) is 13.7. The second kappa shape index (κ2) is 16.6. The monoisotopic (exact) mass is 709 g/mol. The molecular weight excluding hydrogens is 651 g/mol. The summed E-state index contributed by atoms with van der Waals surface area (Å²) in [5.41, 5.74) is 2.22. The van der Waals surface area contributed by atoms with Gasteiger partial charge in [0.15, 0.2) is 6.23 Å². The zero-order valence-electron chi connectivity index (χ0n) is 29.8. The quantitative estimate of drug-likeness (QED) is 0.0812. The minimum absolute atomic E-state index is 0.0911. The number of carbonyl (C=O) groups excluding carboxylic acids is 3. The van der Waals surface area contributed by atoms with Gasteiger partial charge < -0.3 is 24.2 Å². The number of ether oxygens (including phenoxy) is 3. The Labute approximate surface area is 295 Å². The summed E-state index contributed by atoms with van der Waals surface area (Å²) in [4.78, 5) is 40.5. The number of aliphatic hydroxyl groups is 1. The van der Waals surface area contributed by atoms with Gasteiger partial charge in [0.05, 0.1) is 0 Å². The molecule has 272 valence electrons. The van der Waals surface area contributed by atoms with Gasteiger partial charge in [0.25, 0.3) is 5.91 Å². The van der Waals surface area contributed by atoms with Gasteiger partial charge in [-0.1, -0.05) is 87.1 Å². The molecule has 0 aromatic heterocycles. The maximum atomic E-state index is 12.5. The third-order valence-corrected chi connectivity index (χ3v) is 15.0. The van der Waals surface area contributed by atoms with Crippen molar-refractivity contribution in [3.8, 4) is 0 Å². The van der Waals surface area contributed by atoms with Crippen molar-refractivity contribution in [2.45, 2.75) is 130 Å². The number of hydrogen-bond donors (Lipinski definition) is 1. The van der Waals surface area contributed by atoms with Crippen molar-refractivity contribution in [1.29, 1.82) is 0 Å². The molecule has 0 aromatic rings. The van der Waals surface area contributed by atoms with Crippen molar-refractivity contribution < 1.29 is 38.5 Å². The van der Waals surface area contributed by atoms with Crippen LogP contribution in [0.3, 0.4) is 0 Å². The van der Waals surface area contributed by atoms with E-state index in [2.05, 4.69) is 40.7 Å². The molecule has 1 amide bonds. The number of allylic oxidation sites excluding steroid dienone is 1. The molecule has 4 aliphatic carbocycles. The predicted octanol–water partition coefficient (Wildman–Crippen LogP) is 8.94. The van der Waals surface area contributed by atoms with Crippen LogP contribution >= 0.6 is 21.6 Å². The lowest BCUT2D eigenvalue weighted by Crippen LogP contribution is -2.51. The fourth-order valence-corrected chi connectivity index (χ4v) is 11.9. The molecule has 1 aliphatic heterocycles. The van der Waals surface area contributed by atoms with Crippen LogP contribution in [0.4, 0.5) is 9.59 Å². The van der Waals surface area contributed by atoms with E-state index in [0.29, 0.717) is 22.0 Å². The summed E-state index contributed by atoms with van der Waals surface area (Å²) in [5.74, 6) is 5.50. The lowest BCUT2D eigenvalue weighted by molar-refractivity contribution is -0.199. The molecule has 1 saturated heterocycles. The number of rotatable bonds is 14. The van der Waals surface area contributed by atoms with Crippen LogP contribution in [0.2, 0.25) is 0 Å². The minimum atomic E-state index is -1.12. The Morgan fingerprint density at radius 1 is 0.958 bits per heavy atom. The van der Waals surface area contributed by atoms with E-state index in [9.17, 15) is 19.5 Å². The third kappa shape index (κ3) is 8.64. The van der Waals surface area contributed by atoms with Gasteiger partial charge in [0, 0.05) is 30.8 Å². The molecule has 48 heavy (non-hydrogen) atoms. The van der Waals surface area contributed by atoms with E-state index >= 15 is 0 Å². The minimum Gasteiger partial charge on any atom is -0.433 e. The van der Waals surface area contributed by atoms with E-state index in [1.807, 2.05) is 0 Å². The zero-order valence-corrected chi connectivity index (χ0v) is 31.4. The van der Waals surface area contributed by atoms with Crippen molar-refractivity contribution in [3.63, 3.8) is 0 Å². The van der Waals surface area contributed by atoms with E-state index in [0.717, 1.165) is 54.8 Å². The first-order chi connectivity index (χ1) is 22.9. The topological polar surface area (TPSA) is 112 Å². The Morgan fingerprint density at radius 2 is 1.69 bits per heavy atom. The van der Waals surface area contributed by atoms with Crippen LogP contribution in [0, 0.1) is 46.3 Å². The molecule has 5 aliphatic rings. The van der Waals surface area contributed by atoms with Crippen LogP contribution in [0.25, 0.3) is 0 Å². The highest BCUT2D eigenvalue weighted by Crippen LogP contribution is 2.67. The van der Waals surface area contributed by atoms with Crippen molar-refractivity contribution in [2.75, 3.05) is 24.7 Å². The molecule has 5 rings (SSSR count). The van der Waals surface area contributed by atoms with Crippen LogP contribution in [0.15, 0.2) is 11.6 Å². The Kier molecular flexibility index (Phi) is 13.0. The van der Waals surface area contributed by atoms with Gasteiger partial charge in [-0.15, -0.1) is 5.06 Å². The number of hydrogen-bond acceptors (Lipinski definition) is 10. The Morgan fingerprint density at radius 3 is 2.38 bits per heavy atom. The largest absolute Gasteiger partial charge is 0.533 e. The number of aliphatic hydroxyl groups excluding tert-OH is 1. The first-order valence-electron chi connectivity index (χ1n) is 18.5. The average molecular weight is 710 g/mol. The molecule has 9 atom stereocenters. The number of hydroxylamine groups is 2. The van der Waals surface area contributed by atoms with E-state index in [4.69, 9.17) is 19.0 Å². The molecule has 0 spiro atoms. The maximum absolute atomic E-state index is 12.5. The Bertz CT molecular complexity index is 1170. The normalized spacial score (nSPS) is 34.9. The van der Waals surface area contributed by atoms with Crippen LogP contribution in [0.1, 0.15) is 118 Å². The van der Waals surface area contributed by atoms with Gasteiger partial charge in [-0.05, 0) is 91.3 Å². The standard InChI is InChI=1S/C37H59NO8S2/c1-24(2)7-6-8-25(3)29-11-12-30-28-10-9-26-23-27(15-17-36(26,4)31(28)16-18-37(29,30)5)45-34(41)43-19-21-47-48-22-20-44-35(42)46-38-32(39)13-14-33(38)40/h9,24-25,27-32,39H,6-8,10-23H2,1-5H3. The molecule has 1 N–H and O–H groups in total. The predicted molar refractivity (Wildman–Crippen MR) is 189 cm³/mol. The lowest BCUT2D eigenvalue weighted by Gasteiger charge is -2.58. The Hall–Kier alpha value is -1.59. The fraction of sp³-hybridized carbons (Fsp3) is 0.865. The van der Waals surface area contributed by atoms with Gasteiger partial charge in [-0.2, -0.15) is 0 Å². The lowest BCUT2D eigenvalue weighted by atomic mass is 9.47. The van der Waals surface area contributed by atoms with E-state index in [-0.39, 0.29) is 37.6 Å². The second-order valence-corrected chi connectivity index (χ2v) is 18.6. The second-order valence-electron chi connectivity index (χ2n) is 15.9. The number of fused-ring (bicyclic) bond motifs is 5. The smallest absolute Gasteiger partial charge is 0.433 e. The molecule has 0 radical (unpaired) electrons. The molecule has 1 heterocycles. The molecular formula is C37H59NO8S2. The van der Waals surface area contributed by atoms with Crippen LogP contribution in [-0.4, -0.2) is 65.4 Å². The number of nitrogens with zero attached hydrogens (tertiary/aromatic N) is 1. The van der Waals surface area contributed by atoms with Crippen LogP contribution in [0.5, 0.6) is 0 Å². The fourth-order valence-electron chi connectivity index (χ4n) is 10.2. The average Bonchev–Trinajstić information content (AvgIpc) is 3.56. The maximum Gasteiger partial charge on any atom is 0.533 e. The third-order valence-electron chi connectivity index (χ3n) is 12.7. The molecule has 11 heteroatoms. The van der Waals surface area contributed by atoms with Crippen molar-refractivity contribution in [3.05, 3.63) is 11.6 Å². The Balaban J connectivity index is 0.987. The summed E-state index contributed by atoms with van der Waals surface area (Å²) >= 11 is 0. The van der Waals surface area contributed by atoms with Crippen molar-refractivity contribution in [1.82, 2.24) is 5.06 Å².